The average Bonchev–Trinajstić information content (AvgIpc) is 2.45. The van der Waals surface area contributed by atoms with Gasteiger partial charge in [-0.15, -0.1) is 0 Å². The van der Waals surface area contributed by atoms with Gasteiger partial charge in [-0.05, 0) is 6.42 Å². The van der Waals surface area contributed by atoms with Gasteiger partial charge in [-0.1, -0.05) is 20.3 Å². The van der Waals surface area contributed by atoms with Crippen LogP contribution in [-0.4, -0.2) is 54.1 Å². The van der Waals surface area contributed by atoms with Crippen LogP contribution in [0.15, 0.2) is 0 Å². The predicted octanol–water partition coefficient (Wildman–Crippen LogP) is 1.36. The molecule has 1 saturated heterocycles. The SMILES string of the molecule is CCC[Si](OC)(OC)OCC1(CC)OCCCO1.O. The van der Waals surface area contributed by atoms with E-state index >= 15 is 0 Å². The first-order valence-electron chi connectivity index (χ1n) is 6.68. The molecule has 2 N–H and O–H groups in total. The highest BCUT2D eigenvalue weighted by atomic mass is 28.4. The lowest BCUT2D eigenvalue weighted by Gasteiger charge is -2.38. The second-order valence-electron chi connectivity index (χ2n) is 4.44. The Morgan fingerprint density at radius 3 is 2.11 bits per heavy atom. The van der Waals surface area contributed by atoms with Crippen LogP contribution in [0.1, 0.15) is 33.1 Å². The van der Waals surface area contributed by atoms with Crippen LogP contribution in [0.3, 0.4) is 0 Å². The van der Waals surface area contributed by atoms with Gasteiger partial charge in [0.05, 0.1) is 19.8 Å². The predicted molar refractivity (Wildman–Crippen MR) is 74.0 cm³/mol. The van der Waals surface area contributed by atoms with Gasteiger partial charge in [0.25, 0.3) is 0 Å². The lowest BCUT2D eigenvalue weighted by Crippen LogP contribution is -2.51. The Hall–Kier alpha value is -0.0231. The highest BCUT2D eigenvalue weighted by molar-refractivity contribution is 6.60. The Morgan fingerprint density at radius 1 is 1.11 bits per heavy atom. The maximum Gasteiger partial charge on any atom is 0.500 e. The van der Waals surface area contributed by atoms with E-state index in [9.17, 15) is 0 Å². The van der Waals surface area contributed by atoms with Crippen molar-refractivity contribution in [2.45, 2.75) is 44.9 Å². The van der Waals surface area contributed by atoms with Gasteiger partial charge < -0.3 is 28.2 Å². The first kappa shape index (κ1) is 19.0. The van der Waals surface area contributed by atoms with Gasteiger partial charge in [-0.25, -0.2) is 0 Å². The normalized spacial score (nSPS) is 18.9. The molecule has 1 fully saturated rings. The molecule has 0 aromatic rings. The second kappa shape index (κ2) is 9.01. The molecule has 6 nitrogen and oxygen atoms in total. The Labute approximate surface area is 117 Å². The average molecular weight is 296 g/mol. The quantitative estimate of drug-likeness (QED) is 0.632. The van der Waals surface area contributed by atoms with Crippen LogP contribution in [0.25, 0.3) is 0 Å². The molecule has 0 atom stereocenters. The molecule has 0 radical (unpaired) electrons. The van der Waals surface area contributed by atoms with Gasteiger partial charge in [0.1, 0.15) is 0 Å². The maximum atomic E-state index is 5.95. The Morgan fingerprint density at radius 2 is 1.68 bits per heavy atom. The van der Waals surface area contributed by atoms with Crippen molar-refractivity contribution in [2.75, 3.05) is 34.0 Å². The molecule has 19 heavy (non-hydrogen) atoms. The lowest BCUT2D eigenvalue weighted by atomic mass is 10.2. The number of hydrogen-bond donors (Lipinski definition) is 0. The minimum Gasteiger partial charge on any atom is -0.412 e. The lowest BCUT2D eigenvalue weighted by molar-refractivity contribution is -0.283. The summed E-state index contributed by atoms with van der Waals surface area (Å²) in [5, 5.41) is 0. The smallest absolute Gasteiger partial charge is 0.412 e. The van der Waals surface area contributed by atoms with Gasteiger partial charge in [0.15, 0.2) is 5.79 Å². The molecule has 1 rings (SSSR count). The van der Waals surface area contributed by atoms with Crippen molar-refractivity contribution < 1.29 is 28.2 Å². The zero-order chi connectivity index (χ0) is 13.5. The van der Waals surface area contributed by atoms with Crippen LogP contribution < -0.4 is 0 Å². The second-order valence-corrected chi connectivity index (χ2v) is 7.42. The summed E-state index contributed by atoms with van der Waals surface area (Å²) in [5.41, 5.74) is 0. The Balaban J connectivity index is 0.00000324. The van der Waals surface area contributed by atoms with Gasteiger partial charge in [-0.2, -0.15) is 0 Å². The molecule has 0 spiro atoms. The third-order valence-corrected chi connectivity index (χ3v) is 6.19. The number of ether oxygens (including phenoxy) is 2. The molecule has 1 aliphatic heterocycles. The fraction of sp³-hybridized carbons (Fsp3) is 1.00. The maximum absolute atomic E-state index is 5.95. The minimum absolute atomic E-state index is 0. The van der Waals surface area contributed by atoms with Crippen LogP contribution in [-0.2, 0) is 22.8 Å². The summed E-state index contributed by atoms with van der Waals surface area (Å²) in [6.07, 6.45) is 2.67. The van der Waals surface area contributed by atoms with Crippen LogP contribution in [0.5, 0.6) is 0 Å². The van der Waals surface area contributed by atoms with E-state index in [1.807, 2.05) is 6.92 Å². The minimum atomic E-state index is -2.55. The Bertz CT molecular complexity index is 214. The van der Waals surface area contributed by atoms with Crippen molar-refractivity contribution in [1.29, 1.82) is 0 Å². The van der Waals surface area contributed by atoms with Crippen molar-refractivity contribution in [1.82, 2.24) is 0 Å². The third-order valence-electron chi connectivity index (χ3n) is 3.25. The van der Waals surface area contributed by atoms with Crippen molar-refractivity contribution in [2.24, 2.45) is 0 Å². The summed E-state index contributed by atoms with van der Waals surface area (Å²) < 4.78 is 28.4. The molecular weight excluding hydrogens is 268 g/mol. The Kier molecular flexibility index (Phi) is 9.00. The first-order chi connectivity index (χ1) is 8.66. The molecule has 0 unspecified atom stereocenters. The van der Waals surface area contributed by atoms with E-state index in [1.165, 1.54) is 0 Å². The van der Waals surface area contributed by atoms with E-state index in [-0.39, 0.29) is 5.48 Å². The summed E-state index contributed by atoms with van der Waals surface area (Å²) >= 11 is 0. The van der Waals surface area contributed by atoms with Crippen LogP contribution >= 0.6 is 0 Å². The molecular formula is C12H28O6Si. The molecule has 116 valence electrons. The van der Waals surface area contributed by atoms with Gasteiger partial charge in [-0.3, -0.25) is 0 Å². The van der Waals surface area contributed by atoms with E-state index in [4.69, 9.17) is 22.8 Å². The van der Waals surface area contributed by atoms with Gasteiger partial charge in [0, 0.05) is 26.7 Å². The number of hydrogen-bond acceptors (Lipinski definition) is 5. The fourth-order valence-electron chi connectivity index (χ4n) is 2.01. The van der Waals surface area contributed by atoms with E-state index in [0.717, 1.165) is 38.5 Å². The fourth-order valence-corrected chi connectivity index (χ4v) is 4.02. The molecule has 7 heteroatoms. The summed E-state index contributed by atoms with van der Waals surface area (Å²) in [6, 6.07) is 0.805. The van der Waals surface area contributed by atoms with Gasteiger partial charge in [0.2, 0.25) is 0 Å². The summed E-state index contributed by atoms with van der Waals surface area (Å²) in [4.78, 5) is 0. The monoisotopic (exact) mass is 296 g/mol. The molecule has 1 heterocycles. The van der Waals surface area contributed by atoms with E-state index in [2.05, 4.69) is 6.92 Å². The van der Waals surface area contributed by atoms with Crippen LogP contribution in [0.4, 0.5) is 0 Å². The van der Waals surface area contributed by atoms with Crippen LogP contribution in [0, 0.1) is 0 Å². The summed E-state index contributed by atoms with van der Waals surface area (Å²) in [6.45, 7) is 5.94. The van der Waals surface area contributed by atoms with E-state index in [0.29, 0.717) is 6.61 Å². The highest BCUT2D eigenvalue weighted by Crippen LogP contribution is 2.26. The summed E-state index contributed by atoms with van der Waals surface area (Å²) in [5.74, 6) is -0.624. The van der Waals surface area contributed by atoms with Crippen molar-refractivity contribution in [3.8, 4) is 0 Å². The molecule has 0 aliphatic carbocycles. The highest BCUT2D eigenvalue weighted by Gasteiger charge is 2.42. The van der Waals surface area contributed by atoms with Crippen molar-refractivity contribution in [3.63, 3.8) is 0 Å². The zero-order valence-corrected chi connectivity index (χ0v) is 13.5. The van der Waals surface area contributed by atoms with E-state index in [1.54, 1.807) is 14.2 Å². The van der Waals surface area contributed by atoms with E-state index < -0.39 is 14.6 Å². The standard InChI is InChI=1S/C12H26O5Si.H2O/c1-5-10-18(13-3,14-4)17-11-12(6-2)15-8-7-9-16-12;/h5-11H2,1-4H3;1H2. The molecule has 0 aromatic heterocycles. The topological polar surface area (TPSA) is 77.7 Å². The van der Waals surface area contributed by atoms with Crippen molar-refractivity contribution in [3.05, 3.63) is 0 Å². The molecule has 0 amide bonds. The van der Waals surface area contributed by atoms with Crippen molar-refractivity contribution >= 4 is 8.80 Å². The molecule has 1 aliphatic rings. The number of rotatable bonds is 8. The third kappa shape index (κ3) is 5.11. The van der Waals surface area contributed by atoms with Gasteiger partial charge >= 0.3 is 8.80 Å². The largest absolute Gasteiger partial charge is 0.500 e. The summed E-state index contributed by atoms with van der Waals surface area (Å²) in [7, 11) is 0.740. The molecule has 0 aromatic carbocycles. The van der Waals surface area contributed by atoms with Crippen LogP contribution in [0.2, 0.25) is 6.04 Å². The zero-order valence-electron chi connectivity index (χ0n) is 12.5. The first-order valence-corrected chi connectivity index (χ1v) is 8.61. The molecule has 0 bridgehead atoms. The molecule has 0 saturated carbocycles.